The normalized spacial score (nSPS) is 16.9. The Bertz CT molecular complexity index is 1110. The quantitative estimate of drug-likeness (QED) is 0.288. The lowest BCUT2D eigenvalue weighted by Gasteiger charge is -2.38. The minimum atomic E-state index is -4.46. The summed E-state index contributed by atoms with van der Waals surface area (Å²) >= 11 is 11.3. The molecule has 0 amide bonds. The second-order valence-electron chi connectivity index (χ2n) is 9.01. The molecule has 2 aliphatic rings. The summed E-state index contributed by atoms with van der Waals surface area (Å²) in [6.45, 7) is 4.88. The number of alkyl halides is 3. The first-order chi connectivity index (χ1) is 16.1. The molecule has 2 aromatic rings. The van der Waals surface area contributed by atoms with Crippen LogP contribution in [0.3, 0.4) is 0 Å². The number of carbonyl (C=O) groups is 1. The van der Waals surface area contributed by atoms with Crippen molar-refractivity contribution >= 4 is 34.0 Å². The fourth-order valence-electron chi connectivity index (χ4n) is 4.62. The second-order valence-corrected chi connectivity index (χ2v) is 9.79. The first kappa shape index (κ1) is 25.1. The van der Waals surface area contributed by atoms with Gasteiger partial charge in [-0.15, -0.1) is 0 Å². The van der Waals surface area contributed by atoms with Gasteiger partial charge in [-0.25, -0.2) is 0 Å². The molecular weight excluding hydrogens is 486 g/mol. The largest absolute Gasteiger partial charge is 0.494 e. The average Bonchev–Trinajstić information content (AvgIpc) is 2.74. The van der Waals surface area contributed by atoms with E-state index in [-0.39, 0.29) is 16.2 Å². The number of hydrogen-bond acceptors (Lipinski definition) is 3. The molecule has 1 saturated heterocycles. The predicted molar refractivity (Wildman–Crippen MR) is 128 cm³/mol. The Morgan fingerprint density at radius 3 is 2.62 bits per heavy atom. The van der Waals surface area contributed by atoms with Crippen LogP contribution >= 0.6 is 23.2 Å². The number of allylic oxidation sites excluding steroid dienone is 1. The number of benzene rings is 2. The van der Waals surface area contributed by atoms with E-state index in [4.69, 9.17) is 27.9 Å². The van der Waals surface area contributed by atoms with Crippen LogP contribution in [0.2, 0.25) is 5.02 Å². The number of carbonyl (C=O) groups excluding carboxylic acids is 1. The molecular formula is C26H26Cl2F3NO2. The van der Waals surface area contributed by atoms with Crippen LogP contribution in [-0.4, -0.2) is 36.4 Å². The summed E-state index contributed by atoms with van der Waals surface area (Å²) in [5.41, 5.74) is 4.91. The highest BCUT2D eigenvalue weighted by molar-refractivity contribution is 6.64. The molecule has 4 rings (SSSR count). The van der Waals surface area contributed by atoms with Crippen molar-refractivity contribution in [1.82, 2.24) is 4.90 Å². The lowest BCUT2D eigenvalue weighted by atomic mass is 9.85. The Balaban J connectivity index is 1.30. The highest BCUT2D eigenvalue weighted by Gasteiger charge is 2.33. The van der Waals surface area contributed by atoms with Gasteiger partial charge in [-0.05, 0) is 90.7 Å². The van der Waals surface area contributed by atoms with Crippen molar-refractivity contribution in [3.63, 3.8) is 0 Å². The molecule has 1 aliphatic carbocycles. The van der Waals surface area contributed by atoms with Crippen LogP contribution in [0.15, 0.2) is 42.0 Å². The molecule has 0 aromatic heterocycles. The van der Waals surface area contributed by atoms with Gasteiger partial charge in [0.2, 0.25) is 5.24 Å². The fraction of sp³-hybridized carbons (Fsp3) is 0.423. The van der Waals surface area contributed by atoms with E-state index in [9.17, 15) is 18.0 Å². The first-order valence-electron chi connectivity index (χ1n) is 11.3. The molecule has 0 atom stereocenters. The zero-order valence-electron chi connectivity index (χ0n) is 18.9. The molecule has 182 valence electrons. The number of nitrogens with zero attached hydrogens (tertiary/aromatic N) is 1. The van der Waals surface area contributed by atoms with E-state index in [1.54, 1.807) is 6.07 Å². The zero-order valence-corrected chi connectivity index (χ0v) is 20.4. The van der Waals surface area contributed by atoms with E-state index in [0.717, 1.165) is 44.3 Å². The van der Waals surface area contributed by atoms with E-state index < -0.39 is 11.7 Å². The van der Waals surface area contributed by atoms with Gasteiger partial charge in [-0.2, -0.15) is 13.2 Å². The third kappa shape index (κ3) is 5.78. The van der Waals surface area contributed by atoms with E-state index in [2.05, 4.69) is 24.0 Å². The molecule has 1 heterocycles. The van der Waals surface area contributed by atoms with Gasteiger partial charge in [0.15, 0.2) is 0 Å². The lowest BCUT2D eigenvalue weighted by molar-refractivity contribution is -0.137. The van der Waals surface area contributed by atoms with Crippen molar-refractivity contribution < 1.29 is 22.7 Å². The molecule has 0 radical (unpaired) electrons. The van der Waals surface area contributed by atoms with Crippen molar-refractivity contribution in [2.75, 3.05) is 26.2 Å². The van der Waals surface area contributed by atoms with Crippen LogP contribution in [-0.2, 0) is 23.8 Å². The van der Waals surface area contributed by atoms with Gasteiger partial charge >= 0.3 is 6.18 Å². The van der Waals surface area contributed by atoms with Crippen LogP contribution in [0.1, 0.15) is 42.0 Å². The van der Waals surface area contributed by atoms with Crippen molar-refractivity contribution in [2.24, 2.45) is 5.92 Å². The van der Waals surface area contributed by atoms with Crippen LogP contribution in [0.25, 0.3) is 5.57 Å². The molecule has 8 heteroatoms. The highest BCUT2D eigenvalue weighted by atomic mass is 35.5. The Morgan fingerprint density at radius 1 is 1.15 bits per heavy atom. The molecule has 34 heavy (non-hydrogen) atoms. The van der Waals surface area contributed by atoms with Gasteiger partial charge in [0.05, 0.1) is 23.1 Å². The topological polar surface area (TPSA) is 29.5 Å². The third-order valence-electron chi connectivity index (χ3n) is 6.61. The third-order valence-corrected chi connectivity index (χ3v) is 7.25. The number of ether oxygens (including phenoxy) is 1. The predicted octanol–water partition coefficient (Wildman–Crippen LogP) is 6.79. The van der Waals surface area contributed by atoms with E-state index >= 15 is 0 Å². The smallest absolute Gasteiger partial charge is 0.417 e. The van der Waals surface area contributed by atoms with E-state index in [0.29, 0.717) is 25.0 Å². The fourth-order valence-corrected chi connectivity index (χ4v) is 4.98. The average molecular weight is 512 g/mol. The molecule has 0 spiro atoms. The maximum absolute atomic E-state index is 13.0. The molecule has 2 aromatic carbocycles. The number of halogens is 5. The summed E-state index contributed by atoms with van der Waals surface area (Å²) in [6.07, 6.45) is -1.49. The summed E-state index contributed by atoms with van der Waals surface area (Å²) in [6, 6.07) is 10.1. The molecule has 1 aliphatic heterocycles. The molecule has 0 N–H and O–H groups in total. The Labute approximate surface area is 207 Å². The molecule has 3 nitrogen and oxygen atoms in total. The summed E-state index contributed by atoms with van der Waals surface area (Å²) in [5.74, 6) is 0.734. The van der Waals surface area contributed by atoms with E-state index in [1.807, 2.05) is 6.07 Å². The minimum Gasteiger partial charge on any atom is -0.494 e. The number of rotatable bonds is 8. The van der Waals surface area contributed by atoms with Crippen molar-refractivity contribution in [3.05, 3.63) is 69.2 Å². The molecule has 1 fully saturated rings. The maximum Gasteiger partial charge on any atom is 0.417 e. The van der Waals surface area contributed by atoms with Gasteiger partial charge in [-0.3, -0.25) is 9.69 Å². The first-order valence-corrected chi connectivity index (χ1v) is 12.1. The summed E-state index contributed by atoms with van der Waals surface area (Å²) in [4.78, 5) is 13.5. The molecule has 0 unspecified atom stereocenters. The molecule has 0 bridgehead atoms. The standard InChI is InChI=1S/C26H26Cl2F3NO2/c1-16-19(13-32-14-20(15-32)25(28)33)6-5-18-12-21(7-8-22(16)18)34-10-2-3-17-4-9-24(27)23(11-17)26(29,30)31/h4,7-9,11-12,20H,2-3,5-6,10,13-15H2,1H3. The van der Waals surface area contributed by atoms with Gasteiger partial charge < -0.3 is 4.74 Å². The lowest BCUT2D eigenvalue weighted by Crippen LogP contribution is -2.49. The van der Waals surface area contributed by atoms with Gasteiger partial charge in [-0.1, -0.05) is 29.3 Å². The van der Waals surface area contributed by atoms with Gasteiger partial charge in [0.1, 0.15) is 5.75 Å². The number of hydrogen-bond donors (Lipinski definition) is 0. The van der Waals surface area contributed by atoms with Crippen LogP contribution in [0.5, 0.6) is 5.75 Å². The second kappa shape index (κ2) is 10.3. The van der Waals surface area contributed by atoms with E-state index in [1.165, 1.54) is 28.3 Å². The van der Waals surface area contributed by atoms with Crippen molar-refractivity contribution in [2.45, 2.75) is 38.8 Å². The Kier molecular flexibility index (Phi) is 7.60. The summed E-state index contributed by atoms with van der Waals surface area (Å²) in [7, 11) is 0. The number of aryl methyl sites for hydroxylation is 2. The van der Waals surface area contributed by atoms with Crippen molar-refractivity contribution in [3.8, 4) is 5.75 Å². The van der Waals surface area contributed by atoms with Crippen LogP contribution in [0, 0.1) is 5.92 Å². The minimum absolute atomic E-state index is 0.0375. The summed E-state index contributed by atoms with van der Waals surface area (Å²) in [5, 5.41) is -0.531. The molecule has 0 saturated carbocycles. The SMILES string of the molecule is CC1=C(CN2CC(C(=O)Cl)C2)CCc2cc(OCCCc3ccc(Cl)c(C(F)(F)F)c3)ccc21. The van der Waals surface area contributed by atoms with Gasteiger partial charge in [0, 0.05) is 19.6 Å². The van der Waals surface area contributed by atoms with Crippen LogP contribution < -0.4 is 4.74 Å². The Morgan fingerprint density at radius 2 is 1.91 bits per heavy atom. The zero-order chi connectivity index (χ0) is 24.5. The van der Waals surface area contributed by atoms with Gasteiger partial charge in [0.25, 0.3) is 0 Å². The summed E-state index contributed by atoms with van der Waals surface area (Å²) < 4.78 is 45.0. The van der Waals surface area contributed by atoms with Crippen molar-refractivity contribution in [1.29, 1.82) is 0 Å². The number of likely N-dealkylation sites (tertiary alicyclic amines) is 1. The monoisotopic (exact) mass is 511 g/mol. The number of fused-ring (bicyclic) bond motifs is 1. The maximum atomic E-state index is 13.0. The highest BCUT2D eigenvalue weighted by Crippen LogP contribution is 2.36. The Hall–Kier alpha value is -2.02. The van der Waals surface area contributed by atoms with Crippen LogP contribution in [0.4, 0.5) is 13.2 Å².